The number of carbonyl (C=O) groups is 2. The number of H-pyrrole nitrogens is 1. The van der Waals surface area contributed by atoms with Gasteiger partial charge >= 0.3 is 12.2 Å². The molecule has 3 amide bonds. The number of carbonyl (C=O) groups excluding carboxylic acids is 2. The van der Waals surface area contributed by atoms with Gasteiger partial charge in [0.15, 0.2) is 5.65 Å². The molecule has 34 heavy (non-hydrogen) atoms. The molecule has 2 fully saturated rings. The van der Waals surface area contributed by atoms with Crippen LogP contribution in [0.5, 0.6) is 5.75 Å². The fourth-order valence-electron chi connectivity index (χ4n) is 4.47. The zero-order valence-electron chi connectivity index (χ0n) is 17.7. The van der Waals surface area contributed by atoms with Crippen LogP contribution in [0.4, 0.5) is 28.0 Å². The number of fused-ring (bicyclic) bond motifs is 1. The largest absolute Gasteiger partial charge is 0.489 e. The Balaban J connectivity index is 1.25. The fourth-order valence-corrected chi connectivity index (χ4v) is 4.47. The van der Waals surface area contributed by atoms with Crippen LogP contribution in [0.1, 0.15) is 31.2 Å². The third kappa shape index (κ3) is 4.15. The number of rotatable bonds is 4. The summed E-state index contributed by atoms with van der Waals surface area (Å²) < 4.78 is 59.0. The molecular weight excluding hydrogens is 458 g/mol. The van der Waals surface area contributed by atoms with Gasteiger partial charge in [0.1, 0.15) is 18.1 Å². The Labute approximate surface area is 190 Å². The molecule has 12 heteroatoms. The molecule has 1 aliphatic heterocycles. The highest BCUT2D eigenvalue weighted by Gasteiger charge is 2.43. The number of nitrogens with zero attached hydrogens (tertiary/aromatic N) is 4. The third-order valence-corrected chi connectivity index (χ3v) is 6.10. The van der Waals surface area contributed by atoms with Crippen molar-refractivity contribution in [3.05, 3.63) is 48.0 Å². The maximum absolute atomic E-state index is 13.8. The summed E-state index contributed by atoms with van der Waals surface area (Å²) in [5.74, 6) is -1.07. The van der Waals surface area contributed by atoms with Crippen LogP contribution in [0.15, 0.2) is 36.7 Å². The second-order valence-corrected chi connectivity index (χ2v) is 8.36. The number of hydrogen-bond donors (Lipinski definition) is 1. The van der Waals surface area contributed by atoms with Gasteiger partial charge in [-0.05, 0) is 49.9 Å². The molecule has 1 aromatic carbocycles. The van der Waals surface area contributed by atoms with Crippen molar-refractivity contribution in [2.24, 2.45) is 0 Å². The zero-order chi connectivity index (χ0) is 24.0. The van der Waals surface area contributed by atoms with E-state index in [0.29, 0.717) is 49.2 Å². The highest BCUT2D eigenvalue weighted by molar-refractivity contribution is 6.12. The summed E-state index contributed by atoms with van der Waals surface area (Å²) in [7, 11) is 0. The molecule has 0 atom stereocenters. The molecule has 0 spiro atoms. The number of hydrogen-bond acceptors (Lipinski definition) is 5. The van der Waals surface area contributed by atoms with Crippen molar-refractivity contribution in [2.75, 3.05) is 11.4 Å². The average Bonchev–Trinajstić information content (AvgIpc) is 3.37. The zero-order valence-corrected chi connectivity index (χ0v) is 17.7. The number of halogens is 4. The van der Waals surface area contributed by atoms with E-state index >= 15 is 0 Å². The Hall–Kier alpha value is -3.70. The Bertz CT molecular complexity index is 1250. The lowest BCUT2D eigenvalue weighted by Crippen LogP contribution is -2.44. The Morgan fingerprint density at radius 2 is 1.79 bits per heavy atom. The van der Waals surface area contributed by atoms with E-state index in [2.05, 4.69) is 15.2 Å². The summed E-state index contributed by atoms with van der Waals surface area (Å²) in [4.78, 5) is 31.7. The lowest BCUT2D eigenvalue weighted by Gasteiger charge is -2.33. The molecule has 3 heterocycles. The monoisotopic (exact) mass is 477 g/mol. The standard InChI is InChI=1S/C22H19F4N5O3/c23-14-6-13(22(24,25)26)7-16(8-14)30-11-19(32)31(21(30)33)15-1-3-17(4-2-15)34-18-5-12-9-28-29-20(12)27-10-18/h5-10,15,17H,1-4,11H2,(H,27,28,29). The molecule has 1 aliphatic carbocycles. The van der Waals surface area contributed by atoms with Crippen molar-refractivity contribution >= 4 is 28.7 Å². The summed E-state index contributed by atoms with van der Waals surface area (Å²) in [6, 6.07) is 2.51. The van der Waals surface area contributed by atoms with Crippen LogP contribution in [0.2, 0.25) is 0 Å². The summed E-state index contributed by atoms with van der Waals surface area (Å²) in [6.07, 6.45) is 0.420. The van der Waals surface area contributed by atoms with E-state index in [1.165, 1.54) is 0 Å². The normalized spacial score (nSPS) is 21.5. The molecule has 1 N–H and O–H groups in total. The van der Waals surface area contributed by atoms with Gasteiger partial charge in [0.2, 0.25) is 0 Å². The fraction of sp³-hybridized carbons (Fsp3) is 0.364. The smallest absolute Gasteiger partial charge is 0.416 e. The van der Waals surface area contributed by atoms with Gasteiger partial charge in [0.05, 0.1) is 24.1 Å². The van der Waals surface area contributed by atoms with Gasteiger partial charge in [0, 0.05) is 17.1 Å². The quantitative estimate of drug-likeness (QED) is 0.448. The number of pyridine rings is 1. The van der Waals surface area contributed by atoms with Crippen LogP contribution in [0.25, 0.3) is 11.0 Å². The molecule has 5 rings (SSSR count). The second-order valence-electron chi connectivity index (χ2n) is 8.36. The molecule has 0 radical (unpaired) electrons. The minimum atomic E-state index is -4.78. The minimum absolute atomic E-state index is 0.135. The van der Waals surface area contributed by atoms with Crippen molar-refractivity contribution < 1.29 is 31.9 Å². The predicted octanol–water partition coefficient (Wildman–Crippen LogP) is 4.27. The van der Waals surface area contributed by atoms with Crippen molar-refractivity contribution in [2.45, 2.75) is 44.0 Å². The maximum Gasteiger partial charge on any atom is 0.416 e. The first-order valence-electron chi connectivity index (χ1n) is 10.7. The summed E-state index contributed by atoms with van der Waals surface area (Å²) in [5.41, 5.74) is -0.874. The van der Waals surface area contributed by atoms with Crippen LogP contribution >= 0.6 is 0 Å². The van der Waals surface area contributed by atoms with E-state index in [-0.39, 0.29) is 11.8 Å². The number of nitrogens with one attached hydrogen (secondary N) is 1. The van der Waals surface area contributed by atoms with Crippen molar-refractivity contribution in [3.63, 3.8) is 0 Å². The number of urea groups is 1. The van der Waals surface area contributed by atoms with Crippen LogP contribution in [-0.4, -0.2) is 50.7 Å². The molecule has 1 saturated heterocycles. The molecule has 3 aromatic rings. The average molecular weight is 477 g/mol. The first-order chi connectivity index (χ1) is 16.2. The predicted molar refractivity (Wildman–Crippen MR) is 112 cm³/mol. The highest BCUT2D eigenvalue weighted by atomic mass is 19.4. The first kappa shape index (κ1) is 22.1. The van der Waals surface area contributed by atoms with Gasteiger partial charge in [-0.15, -0.1) is 0 Å². The second kappa shape index (κ2) is 8.26. The van der Waals surface area contributed by atoms with Crippen LogP contribution in [0, 0.1) is 5.82 Å². The van der Waals surface area contributed by atoms with Crippen LogP contribution in [-0.2, 0) is 11.0 Å². The van der Waals surface area contributed by atoms with E-state index < -0.39 is 42.1 Å². The number of aromatic amines is 1. The first-order valence-corrected chi connectivity index (χ1v) is 10.7. The number of ether oxygens (including phenoxy) is 1. The Kier molecular flexibility index (Phi) is 5.37. The van der Waals surface area contributed by atoms with Crippen molar-refractivity contribution in [1.82, 2.24) is 20.1 Å². The van der Waals surface area contributed by atoms with Gasteiger partial charge in [-0.3, -0.25) is 19.7 Å². The topological polar surface area (TPSA) is 91.4 Å². The van der Waals surface area contributed by atoms with Crippen molar-refractivity contribution in [1.29, 1.82) is 0 Å². The molecule has 1 saturated carbocycles. The number of aromatic nitrogens is 3. The van der Waals surface area contributed by atoms with E-state index in [9.17, 15) is 27.2 Å². The number of alkyl halides is 3. The molecule has 0 unspecified atom stereocenters. The van der Waals surface area contributed by atoms with Crippen LogP contribution < -0.4 is 9.64 Å². The molecular formula is C22H19F4N5O3. The number of benzene rings is 1. The number of amides is 3. The molecule has 178 valence electrons. The SMILES string of the molecule is O=C1CN(c2cc(F)cc(C(F)(F)F)c2)C(=O)N1C1CCC(Oc2cnc3[nH]ncc3c2)CC1. The highest BCUT2D eigenvalue weighted by Crippen LogP contribution is 2.35. The third-order valence-electron chi connectivity index (χ3n) is 6.10. The van der Waals surface area contributed by atoms with Gasteiger partial charge in [-0.1, -0.05) is 0 Å². The van der Waals surface area contributed by atoms with E-state index in [4.69, 9.17) is 4.74 Å². The van der Waals surface area contributed by atoms with E-state index in [1.54, 1.807) is 12.4 Å². The lowest BCUT2D eigenvalue weighted by atomic mass is 9.92. The van der Waals surface area contributed by atoms with E-state index in [1.807, 2.05) is 6.07 Å². The Morgan fingerprint density at radius 3 is 2.53 bits per heavy atom. The summed E-state index contributed by atoms with van der Waals surface area (Å²) >= 11 is 0. The van der Waals surface area contributed by atoms with Gasteiger partial charge in [0.25, 0.3) is 5.91 Å². The van der Waals surface area contributed by atoms with Crippen LogP contribution in [0.3, 0.4) is 0 Å². The molecule has 2 aromatic heterocycles. The Morgan fingerprint density at radius 1 is 1.03 bits per heavy atom. The summed E-state index contributed by atoms with van der Waals surface area (Å²) in [5, 5.41) is 7.48. The number of imide groups is 1. The number of anilines is 1. The van der Waals surface area contributed by atoms with Gasteiger partial charge in [-0.2, -0.15) is 18.3 Å². The molecule has 8 nitrogen and oxygen atoms in total. The lowest BCUT2D eigenvalue weighted by molar-refractivity contribution is -0.137. The molecule has 0 bridgehead atoms. The van der Waals surface area contributed by atoms with E-state index in [0.717, 1.165) is 21.3 Å². The van der Waals surface area contributed by atoms with Crippen molar-refractivity contribution in [3.8, 4) is 5.75 Å². The summed E-state index contributed by atoms with van der Waals surface area (Å²) in [6.45, 7) is -0.438. The van der Waals surface area contributed by atoms with Gasteiger partial charge in [-0.25, -0.2) is 14.2 Å². The van der Waals surface area contributed by atoms with Gasteiger partial charge < -0.3 is 4.74 Å². The minimum Gasteiger partial charge on any atom is -0.489 e. The molecule has 2 aliphatic rings. The maximum atomic E-state index is 13.8.